The third kappa shape index (κ3) is 5.35. The molecule has 2 rings (SSSR count). The molecule has 1 atom stereocenters. The number of hydrogen-bond donors (Lipinski definition) is 0. The van der Waals surface area contributed by atoms with Gasteiger partial charge < -0.3 is 0 Å². The summed E-state index contributed by atoms with van der Waals surface area (Å²) in [6.45, 7) is 6.42. The summed E-state index contributed by atoms with van der Waals surface area (Å²) in [7, 11) is 0. The van der Waals surface area contributed by atoms with E-state index in [0.29, 0.717) is 0 Å². The van der Waals surface area contributed by atoms with Crippen LogP contribution in [0, 0.1) is 0 Å². The van der Waals surface area contributed by atoms with Crippen LogP contribution in [0.4, 0.5) is 0 Å². The predicted molar refractivity (Wildman–Crippen MR) is 105 cm³/mol. The van der Waals surface area contributed by atoms with E-state index in [1.54, 1.807) is 0 Å². The standard InChI is InChI=1S/C19H27O3PS/c1-6-19(24-23(20,21-14(2)3)22-15(4)5)18-12-11-16-9-7-8-10-17(16)13-18/h7-15,19H,6H2,1-5H3. The highest BCUT2D eigenvalue weighted by Gasteiger charge is 2.32. The average Bonchev–Trinajstić information content (AvgIpc) is 2.50. The quantitative estimate of drug-likeness (QED) is 0.472. The van der Waals surface area contributed by atoms with Crippen LogP contribution in [0.3, 0.4) is 0 Å². The van der Waals surface area contributed by atoms with Crippen LogP contribution in [-0.4, -0.2) is 12.2 Å². The Hall–Kier alpha value is -0.800. The molecule has 0 heterocycles. The van der Waals surface area contributed by atoms with Crippen LogP contribution in [0.5, 0.6) is 0 Å². The molecule has 0 bridgehead atoms. The van der Waals surface area contributed by atoms with Gasteiger partial charge in [0.25, 0.3) is 0 Å². The van der Waals surface area contributed by atoms with Crippen molar-refractivity contribution in [2.24, 2.45) is 0 Å². The second-order valence-corrected chi connectivity index (χ2v) is 10.4. The maximum Gasteiger partial charge on any atom is 0.390 e. The smallest absolute Gasteiger partial charge is 0.298 e. The van der Waals surface area contributed by atoms with Crippen molar-refractivity contribution in [3.8, 4) is 0 Å². The van der Waals surface area contributed by atoms with E-state index in [1.807, 2.05) is 39.8 Å². The molecule has 24 heavy (non-hydrogen) atoms. The SMILES string of the molecule is CCC(SP(=O)(OC(C)C)OC(C)C)c1ccc2ccccc2c1. The van der Waals surface area contributed by atoms with Gasteiger partial charge in [-0.1, -0.05) is 49.4 Å². The number of hydrogen-bond acceptors (Lipinski definition) is 4. The van der Waals surface area contributed by atoms with E-state index < -0.39 is 6.80 Å². The van der Waals surface area contributed by atoms with Gasteiger partial charge in [-0.2, -0.15) is 0 Å². The van der Waals surface area contributed by atoms with E-state index in [1.165, 1.54) is 22.2 Å². The molecule has 1 unspecified atom stereocenters. The molecule has 2 aromatic rings. The normalized spacial score (nSPS) is 13.8. The van der Waals surface area contributed by atoms with Gasteiger partial charge in [0.2, 0.25) is 0 Å². The van der Waals surface area contributed by atoms with Gasteiger partial charge in [-0.25, -0.2) is 4.57 Å². The van der Waals surface area contributed by atoms with Crippen LogP contribution < -0.4 is 0 Å². The molecule has 5 heteroatoms. The summed E-state index contributed by atoms with van der Waals surface area (Å²) in [6, 6.07) is 14.7. The first-order chi connectivity index (χ1) is 11.3. The van der Waals surface area contributed by atoms with E-state index in [0.717, 1.165) is 12.0 Å². The van der Waals surface area contributed by atoms with Crippen molar-refractivity contribution in [2.75, 3.05) is 0 Å². The average molecular weight is 366 g/mol. The molecule has 3 nitrogen and oxygen atoms in total. The van der Waals surface area contributed by atoms with Gasteiger partial charge in [0, 0.05) is 5.25 Å². The number of fused-ring (bicyclic) bond motifs is 1. The number of rotatable bonds is 8. The van der Waals surface area contributed by atoms with Gasteiger partial charge in [-0.05, 0) is 61.8 Å². The fourth-order valence-corrected chi connectivity index (χ4v) is 7.52. The fourth-order valence-electron chi connectivity index (χ4n) is 2.53. The maximum atomic E-state index is 13.2. The highest BCUT2D eigenvalue weighted by atomic mass is 32.7. The van der Waals surface area contributed by atoms with Crippen LogP contribution in [0.15, 0.2) is 42.5 Å². The molecule has 0 N–H and O–H groups in total. The van der Waals surface area contributed by atoms with Gasteiger partial charge in [-0.3, -0.25) is 9.05 Å². The van der Waals surface area contributed by atoms with Gasteiger partial charge in [0.15, 0.2) is 0 Å². The fraction of sp³-hybridized carbons (Fsp3) is 0.474. The first-order valence-electron chi connectivity index (χ1n) is 8.47. The Labute approximate surface area is 149 Å². The van der Waals surface area contributed by atoms with Crippen molar-refractivity contribution >= 4 is 29.0 Å². The zero-order valence-corrected chi connectivity index (χ0v) is 16.8. The van der Waals surface area contributed by atoms with Crippen molar-refractivity contribution in [3.05, 3.63) is 48.0 Å². The van der Waals surface area contributed by atoms with E-state index in [2.05, 4.69) is 37.3 Å². The van der Waals surface area contributed by atoms with Crippen LogP contribution in [0.1, 0.15) is 51.9 Å². The Morgan fingerprint density at radius 2 is 1.54 bits per heavy atom. The summed E-state index contributed by atoms with van der Waals surface area (Å²) < 4.78 is 24.5. The lowest BCUT2D eigenvalue weighted by Gasteiger charge is -2.25. The minimum absolute atomic E-state index is 0.0675. The lowest BCUT2D eigenvalue weighted by molar-refractivity contribution is 0.155. The van der Waals surface area contributed by atoms with Crippen molar-refractivity contribution in [3.63, 3.8) is 0 Å². The molecule has 0 aliphatic rings. The molecule has 132 valence electrons. The van der Waals surface area contributed by atoms with Crippen LogP contribution in [-0.2, 0) is 13.6 Å². The minimum Gasteiger partial charge on any atom is -0.298 e. The zero-order valence-electron chi connectivity index (χ0n) is 15.1. The highest BCUT2D eigenvalue weighted by molar-refractivity contribution is 8.55. The van der Waals surface area contributed by atoms with Crippen LogP contribution in [0.25, 0.3) is 10.8 Å². The monoisotopic (exact) mass is 366 g/mol. The molecule has 0 amide bonds. The Bertz CT molecular complexity index is 701. The summed E-state index contributed by atoms with van der Waals surface area (Å²) in [6.07, 6.45) is 0.572. The minimum atomic E-state index is -3.21. The molecule has 0 fully saturated rings. The third-order valence-corrected chi connectivity index (χ3v) is 7.98. The lowest BCUT2D eigenvalue weighted by Crippen LogP contribution is -2.07. The third-order valence-electron chi connectivity index (χ3n) is 3.45. The first kappa shape index (κ1) is 19.5. The molecule has 0 saturated carbocycles. The lowest BCUT2D eigenvalue weighted by atomic mass is 10.0. The van der Waals surface area contributed by atoms with Gasteiger partial charge >= 0.3 is 6.80 Å². The summed E-state index contributed by atoms with van der Waals surface area (Å²) >= 11 is 1.32. The van der Waals surface area contributed by atoms with Crippen molar-refractivity contribution in [1.82, 2.24) is 0 Å². The Morgan fingerprint density at radius 3 is 2.08 bits per heavy atom. The molecule has 0 aromatic heterocycles. The highest BCUT2D eigenvalue weighted by Crippen LogP contribution is 2.67. The second kappa shape index (κ2) is 8.53. The molecule has 0 saturated heterocycles. The largest absolute Gasteiger partial charge is 0.390 e. The number of benzene rings is 2. The van der Waals surface area contributed by atoms with E-state index >= 15 is 0 Å². The van der Waals surface area contributed by atoms with Crippen molar-refractivity contribution < 1.29 is 13.6 Å². The Morgan fingerprint density at radius 1 is 0.958 bits per heavy atom. The summed E-state index contributed by atoms with van der Waals surface area (Å²) in [5.41, 5.74) is 1.15. The van der Waals surface area contributed by atoms with E-state index in [4.69, 9.17) is 9.05 Å². The van der Waals surface area contributed by atoms with E-state index in [9.17, 15) is 4.57 Å². The molecule has 2 aromatic carbocycles. The molecule has 0 spiro atoms. The van der Waals surface area contributed by atoms with Crippen molar-refractivity contribution in [1.29, 1.82) is 0 Å². The maximum absolute atomic E-state index is 13.2. The van der Waals surface area contributed by atoms with Gasteiger partial charge in [-0.15, -0.1) is 0 Å². The molecule has 0 radical (unpaired) electrons. The topological polar surface area (TPSA) is 35.5 Å². The molecule has 0 aliphatic heterocycles. The Balaban J connectivity index is 2.28. The molecular formula is C19H27O3PS. The van der Waals surface area contributed by atoms with Gasteiger partial charge in [0.05, 0.1) is 12.2 Å². The first-order valence-corrected chi connectivity index (χ1v) is 11.5. The summed E-state index contributed by atoms with van der Waals surface area (Å²) in [5, 5.41) is 2.47. The Kier molecular flexibility index (Phi) is 6.94. The summed E-state index contributed by atoms with van der Waals surface area (Å²) in [4.78, 5) is 0. The molecule has 0 aliphatic carbocycles. The zero-order chi connectivity index (χ0) is 17.7. The van der Waals surface area contributed by atoms with Gasteiger partial charge in [0.1, 0.15) is 0 Å². The second-order valence-electron chi connectivity index (χ2n) is 6.36. The summed E-state index contributed by atoms with van der Waals surface area (Å²) in [5.74, 6) is 0. The molecular weight excluding hydrogens is 339 g/mol. The van der Waals surface area contributed by atoms with Crippen LogP contribution >= 0.6 is 18.2 Å². The van der Waals surface area contributed by atoms with E-state index in [-0.39, 0.29) is 17.5 Å². The van der Waals surface area contributed by atoms with Crippen LogP contribution in [0.2, 0.25) is 0 Å². The predicted octanol–water partition coefficient (Wildman–Crippen LogP) is 6.98. The van der Waals surface area contributed by atoms with Crippen molar-refractivity contribution in [2.45, 2.75) is 58.5 Å².